The molecule has 0 atom stereocenters. The van der Waals surface area contributed by atoms with E-state index in [9.17, 15) is 4.79 Å². The number of aromatic nitrogens is 3. The molecule has 82 valence electrons. The monoisotopic (exact) mass is 280 g/mol. The van der Waals surface area contributed by atoms with Gasteiger partial charge < -0.3 is 0 Å². The van der Waals surface area contributed by atoms with Crippen LogP contribution in [0, 0.1) is 0 Å². The zero-order chi connectivity index (χ0) is 11.4. The minimum Gasteiger partial charge on any atom is -0.267 e. The number of alkyl halides is 1. The summed E-state index contributed by atoms with van der Waals surface area (Å²) < 4.78 is 1.40. The maximum absolute atomic E-state index is 11.7. The molecule has 1 heterocycles. The van der Waals surface area contributed by atoms with E-state index in [4.69, 9.17) is 0 Å². The molecule has 0 spiro atoms. The highest BCUT2D eigenvalue weighted by molar-refractivity contribution is 9.08. The summed E-state index contributed by atoms with van der Waals surface area (Å²) in [6.45, 7) is 0. The first-order valence-electron chi connectivity index (χ1n) is 4.60. The quantitative estimate of drug-likeness (QED) is 0.868. The molecule has 0 aliphatic rings. The average Bonchev–Trinajstić information content (AvgIpc) is 2.82. The molecule has 1 N–H and O–H groups in total. The van der Waals surface area contributed by atoms with E-state index in [0.29, 0.717) is 5.56 Å². The smallest absolute Gasteiger partial charge is 0.267 e. The molecule has 0 aliphatic heterocycles. The second-order valence-electron chi connectivity index (χ2n) is 3.14. The maximum atomic E-state index is 11.7. The van der Waals surface area contributed by atoms with Crippen molar-refractivity contribution in [3.05, 3.63) is 48.0 Å². The summed E-state index contributed by atoms with van der Waals surface area (Å²) in [5.41, 5.74) is 4.34. The molecule has 0 saturated heterocycles. The molecule has 5 nitrogen and oxygen atoms in total. The van der Waals surface area contributed by atoms with Gasteiger partial charge in [0.25, 0.3) is 5.91 Å². The van der Waals surface area contributed by atoms with Gasteiger partial charge in [0.2, 0.25) is 0 Å². The summed E-state index contributed by atoms with van der Waals surface area (Å²) in [7, 11) is 0. The standard InChI is InChI=1S/C10H9BrN4O/c11-5-8-1-3-9(4-2-8)10(16)14-15-6-12-13-7-15/h1-4,6-7H,5H2,(H,14,16). The summed E-state index contributed by atoms with van der Waals surface area (Å²) >= 11 is 3.35. The van der Waals surface area contributed by atoms with E-state index >= 15 is 0 Å². The van der Waals surface area contributed by atoms with Crippen molar-refractivity contribution >= 4 is 21.8 Å². The first-order chi connectivity index (χ1) is 7.79. The number of halogens is 1. The Labute approximate surface area is 101 Å². The number of nitrogens with one attached hydrogen (secondary N) is 1. The van der Waals surface area contributed by atoms with Crippen LogP contribution in [0.4, 0.5) is 0 Å². The number of amides is 1. The molecule has 0 fully saturated rings. The number of carbonyl (C=O) groups is 1. The highest BCUT2D eigenvalue weighted by Gasteiger charge is 2.05. The zero-order valence-corrected chi connectivity index (χ0v) is 9.89. The lowest BCUT2D eigenvalue weighted by atomic mass is 10.1. The summed E-state index contributed by atoms with van der Waals surface area (Å²) in [6.07, 6.45) is 2.84. The fraction of sp³-hybridized carbons (Fsp3) is 0.100. The third-order valence-electron chi connectivity index (χ3n) is 2.02. The van der Waals surface area contributed by atoms with E-state index in [-0.39, 0.29) is 5.91 Å². The Hall–Kier alpha value is -1.69. The Morgan fingerprint density at radius 1 is 1.25 bits per heavy atom. The van der Waals surface area contributed by atoms with Gasteiger partial charge in [0.1, 0.15) is 12.7 Å². The number of carbonyl (C=O) groups excluding carboxylic acids is 1. The fourth-order valence-electron chi connectivity index (χ4n) is 1.19. The Bertz CT molecular complexity index is 466. The molecule has 1 aromatic carbocycles. The number of rotatable bonds is 3. The van der Waals surface area contributed by atoms with Crippen molar-refractivity contribution in [2.45, 2.75) is 5.33 Å². The van der Waals surface area contributed by atoms with Crippen LogP contribution in [0.25, 0.3) is 0 Å². The van der Waals surface area contributed by atoms with Crippen LogP contribution in [0.5, 0.6) is 0 Å². The fourth-order valence-corrected chi connectivity index (χ4v) is 1.56. The van der Waals surface area contributed by atoms with E-state index in [1.165, 1.54) is 17.3 Å². The van der Waals surface area contributed by atoms with Gasteiger partial charge in [-0.05, 0) is 17.7 Å². The molecule has 1 amide bonds. The van der Waals surface area contributed by atoms with Gasteiger partial charge in [0, 0.05) is 10.9 Å². The number of benzene rings is 1. The van der Waals surface area contributed by atoms with E-state index in [2.05, 4.69) is 31.6 Å². The number of hydrogen-bond acceptors (Lipinski definition) is 3. The SMILES string of the molecule is O=C(Nn1cnnc1)c1ccc(CBr)cc1. The Morgan fingerprint density at radius 2 is 1.88 bits per heavy atom. The van der Waals surface area contributed by atoms with E-state index in [1.807, 2.05) is 12.1 Å². The maximum Gasteiger partial charge on any atom is 0.270 e. The zero-order valence-electron chi connectivity index (χ0n) is 8.30. The Balaban J connectivity index is 2.09. The highest BCUT2D eigenvalue weighted by Crippen LogP contribution is 2.07. The summed E-state index contributed by atoms with van der Waals surface area (Å²) in [5.74, 6) is -0.194. The van der Waals surface area contributed by atoms with Crippen LogP contribution in [0.3, 0.4) is 0 Å². The molecule has 2 rings (SSSR count). The molecule has 1 aromatic heterocycles. The molecular formula is C10H9BrN4O. The summed E-state index contributed by atoms with van der Waals surface area (Å²) in [6, 6.07) is 7.35. The molecular weight excluding hydrogens is 272 g/mol. The van der Waals surface area contributed by atoms with Crippen LogP contribution in [0.15, 0.2) is 36.9 Å². The lowest BCUT2D eigenvalue weighted by Crippen LogP contribution is -2.21. The van der Waals surface area contributed by atoms with Gasteiger partial charge in [-0.25, -0.2) is 4.68 Å². The van der Waals surface area contributed by atoms with Gasteiger partial charge >= 0.3 is 0 Å². The van der Waals surface area contributed by atoms with Crippen molar-refractivity contribution in [2.24, 2.45) is 0 Å². The Kier molecular flexibility index (Phi) is 3.31. The van der Waals surface area contributed by atoms with E-state index in [1.54, 1.807) is 12.1 Å². The molecule has 0 unspecified atom stereocenters. The van der Waals surface area contributed by atoms with Crippen molar-refractivity contribution in [1.82, 2.24) is 14.9 Å². The predicted octanol–water partition coefficient (Wildman–Crippen LogP) is 1.56. The minimum absolute atomic E-state index is 0.194. The second-order valence-corrected chi connectivity index (χ2v) is 3.70. The minimum atomic E-state index is -0.194. The van der Waals surface area contributed by atoms with Crippen LogP contribution < -0.4 is 5.43 Å². The van der Waals surface area contributed by atoms with Gasteiger partial charge in [0.05, 0.1) is 0 Å². The van der Waals surface area contributed by atoms with Crippen LogP contribution in [0.1, 0.15) is 15.9 Å². The van der Waals surface area contributed by atoms with Gasteiger partial charge in [-0.2, -0.15) is 0 Å². The summed E-state index contributed by atoms with van der Waals surface area (Å²) in [5, 5.41) is 7.95. The molecule has 16 heavy (non-hydrogen) atoms. The molecule has 0 bridgehead atoms. The van der Waals surface area contributed by atoms with Crippen molar-refractivity contribution in [2.75, 3.05) is 5.43 Å². The first kappa shape index (κ1) is 10.8. The number of nitrogens with zero attached hydrogens (tertiary/aromatic N) is 3. The predicted molar refractivity (Wildman–Crippen MR) is 62.8 cm³/mol. The third kappa shape index (κ3) is 2.46. The molecule has 0 aliphatic carbocycles. The van der Waals surface area contributed by atoms with E-state index < -0.39 is 0 Å². The van der Waals surface area contributed by atoms with Gasteiger partial charge in [-0.1, -0.05) is 28.1 Å². The van der Waals surface area contributed by atoms with Gasteiger partial charge in [-0.3, -0.25) is 10.2 Å². The molecule has 0 saturated carbocycles. The Morgan fingerprint density at radius 3 is 2.44 bits per heavy atom. The highest BCUT2D eigenvalue weighted by atomic mass is 79.9. The van der Waals surface area contributed by atoms with Crippen molar-refractivity contribution < 1.29 is 4.79 Å². The van der Waals surface area contributed by atoms with Crippen molar-refractivity contribution in [1.29, 1.82) is 0 Å². The largest absolute Gasteiger partial charge is 0.270 e. The molecule has 6 heteroatoms. The summed E-state index contributed by atoms with van der Waals surface area (Å²) in [4.78, 5) is 11.7. The lowest BCUT2D eigenvalue weighted by molar-refractivity contribution is 0.101. The van der Waals surface area contributed by atoms with Crippen molar-refractivity contribution in [3.8, 4) is 0 Å². The van der Waals surface area contributed by atoms with Crippen LogP contribution in [-0.2, 0) is 5.33 Å². The topological polar surface area (TPSA) is 59.8 Å². The lowest BCUT2D eigenvalue weighted by Gasteiger charge is -2.04. The van der Waals surface area contributed by atoms with Crippen LogP contribution in [-0.4, -0.2) is 20.8 Å². The number of hydrogen-bond donors (Lipinski definition) is 1. The molecule has 0 radical (unpaired) electrons. The van der Waals surface area contributed by atoms with Crippen LogP contribution >= 0.6 is 15.9 Å². The first-order valence-corrected chi connectivity index (χ1v) is 5.72. The van der Waals surface area contributed by atoms with Crippen LogP contribution in [0.2, 0.25) is 0 Å². The van der Waals surface area contributed by atoms with Gasteiger partial charge in [-0.15, -0.1) is 10.2 Å². The normalized spacial score (nSPS) is 10.1. The van der Waals surface area contributed by atoms with Crippen molar-refractivity contribution in [3.63, 3.8) is 0 Å². The van der Waals surface area contributed by atoms with E-state index in [0.717, 1.165) is 10.9 Å². The molecule has 2 aromatic rings. The third-order valence-corrected chi connectivity index (χ3v) is 2.67. The second kappa shape index (κ2) is 4.89. The van der Waals surface area contributed by atoms with Gasteiger partial charge in [0.15, 0.2) is 0 Å². The average molecular weight is 281 g/mol.